The number of likely N-dealkylation sites (tertiary alicyclic amines) is 1. The fourth-order valence-electron chi connectivity index (χ4n) is 3.03. The highest BCUT2D eigenvalue weighted by atomic mass is 32.1. The summed E-state index contributed by atoms with van der Waals surface area (Å²) in [6.45, 7) is 3.34. The number of ether oxygens (including phenoxy) is 2. The molecule has 0 unspecified atom stereocenters. The lowest BCUT2D eigenvalue weighted by molar-refractivity contribution is 0.0793. The Labute approximate surface area is 156 Å². The largest absolute Gasteiger partial charge is 0.493 e. The Morgan fingerprint density at radius 1 is 1.12 bits per heavy atom. The number of rotatable bonds is 5. The molecule has 1 saturated heterocycles. The van der Waals surface area contributed by atoms with E-state index in [0.717, 1.165) is 31.5 Å². The van der Waals surface area contributed by atoms with Crippen molar-refractivity contribution < 1.29 is 19.1 Å². The molecule has 2 aromatic rings. The van der Waals surface area contributed by atoms with E-state index in [1.54, 1.807) is 17.0 Å². The standard InChI is InChI=1S/C19H22N2O4S/c1-12-6-9-26-17(12)18(22)20-14-11-16(25-3)15(24-2)10-13(14)19(23)21-7-4-5-8-21/h6,9-11H,4-5,7-8H2,1-3H3,(H,20,22). The van der Waals surface area contributed by atoms with Gasteiger partial charge in [-0.3, -0.25) is 9.59 Å². The number of aryl methyl sites for hydroxylation is 1. The lowest BCUT2D eigenvalue weighted by Crippen LogP contribution is -2.29. The Kier molecular flexibility index (Phi) is 5.46. The van der Waals surface area contributed by atoms with E-state index in [0.29, 0.717) is 27.6 Å². The maximum absolute atomic E-state index is 13.0. The summed E-state index contributed by atoms with van der Waals surface area (Å²) < 4.78 is 10.7. The molecule has 1 aromatic heterocycles. The second kappa shape index (κ2) is 7.78. The lowest BCUT2D eigenvalue weighted by atomic mass is 10.1. The number of nitrogens with zero attached hydrogens (tertiary/aromatic N) is 1. The zero-order valence-corrected chi connectivity index (χ0v) is 15.9. The summed E-state index contributed by atoms with van der Waals surface area (Å²) in [5.74, 6) is 0.575. The van der Waals surface area contributed by atoms with Crippen molar-refractivity contribution >= 4 is 28.8 Å². The van der Waals surface area contributed by atoms with E-state index in [1.165, 1.54) is 25.6 Å². The summed E-state index contributed by atoms with van der Waals surface area (Å²) in [5, 5.41) is 4.74. The maximum Gasteiger partial charge on any atom is 0.266 e. The predicted molar refractivity (Wildman–Crippen MR) is 102 cm³/mol. The molecule has 6 nitrogen and oxygen atoms in total. The summed E-state index contributed by atoms with van der Waals surface area (Å²) in [6.07, 6.45) is 1.99. The van der Waals surface area contributed by atoms with Crippen LogP contribution in [0.25, 0.3) is 0 Å². The molecular weight excluding hydrogens is 352 g/mol. The van der Waals surface area contributed by atoms with Crippen molar-refractivity contribution in [3.8, 4) is 11.5 Å². The minimum absolute atomic E-state index is 0.110. The van der Waals surface area contributed by atoms with Gasteiger partial charge in [0.1, 0.15) is 0 Å². The van der Waals surface area contributed by atoms with Gasteiger partial charge in [0, 0.05) is 19.2 Å². The minimum atomic E-state index is -0.236. The first-order valence-electron chi connectivity index (χ1n) is 8.46. The van der Waals surface area contributed by atoms with Crippen LogP contribution in [0, 0.1) is 6.92 Å². The molecule has 0 spiro atoms. The normalized spacial score (nSPS) is 13.6. The number of nitrogens with one attached hydrogen (secondary N) is 1. The van der Waals surface area contributed by atoms with Crippen LogP contribution in [-0.4, -0.2) is 44.0 Å². The van der Waals surface area contributed by atoms with Crippen LogP contribution in [0.1, 0.15) is 38.4 Å². The number of hydrogen-bond acceptors (Lipinski definition) is 5. The molecule has 3 rings (SSSR count). The van der Waals surface area contributed by atoms with Gasteiger partial charge in [-0.2, -0.15) is 0 Å². The number of amides is 2. The van der Waals surface area contributed by atoms with Crippen molar-refractivity contribution in [3.63, 3.8) is 0 Å². The molecule has 2 heterocycles. The fourth-order valence-corrected chi connectivity index (χ4v) is 3.85. The van der Waals surface area contributed by atoms with Gasteiger partial charge in [-0.05, 0) is 42.8 Å². The summed E-state index contributed by atoms with van der Waals surface area (Å²) in [6, 6.07) is 5.17. The minimum Gasteiger partial charge on any atom is -0.493 e. The van der Waals surface area contributed by atoms with Crippen molar-refractivity contribution in [2.75, 3.05) is 32.6 Å². The van der Waals surface area contributed by atoms with E-state index in [4.69, 9.17) is 9.47 Å². The Bertz CT molecular complexity index is 825. The molecule has 0 saturated carbocycles. The number of methoxy groups -OCH3 is 2. The molecule has 1 aliphatic rings. The molecule has 26 heavy (non-hydrogen) atoms. The van der Waals surface area contributed by atoms with Gasteiger partial charge in [0.15, 0.2) is 11.5 Å². The molecule has 1 aromatic carbocycles. The van der Waals surface area contributed by atoms with Crippen LogP contribution in [0.4, 0.5) is 5.69 Å². The molecule has 138 valence electrons. The van der Waals surface area contributed by atoms with Crippen molar-refractivity contribution in [2.45, 2.75) is 19.8 Å². The van der Waals surface area contributed by atoms with Gasteiger partial charge in [0.2, 0.25) is 0 Å². The van der Waals surface area contributed by atoms with Gasteiger partial charge in [-0.15, -0.1) is 11.3 Å². The number of carbonyl (C=O) groups excluding carboxylic acids is 2. The third-order valence-electron chi connectivity index (χ3n) is 4.46. The number of hydrogen-bond donors (Lipinski definition) is 1. The van der Waals surface area contributed by atoms with Crippen LogP contribution in [0.3, 0.4) is 0 Å². The third kappa shape index (κ3) is 3.53. The number of anilines is 1. The summed E-state index contributed by atoms with van der Waals surface area (Å²) in [5.41, 5.74) is 1.74. The molecule has 1 fully saturated rings. The molecular formula is C19H22N2O4S. The second-order valence-corrected chi connectivity index (χ2v) is 7.06. The molecule has 0 aliphatic carbocycles. The van der Waals surface area contributed by atoms with Gasteiger partial charge < -0.3 is 19.7 Å². The highest BCUT2D eigenvalue weighted by molar-refractivity contribution is 7.12. The van der Waals surface area contributed by atoms with Crippen LogP contribution in [-0.2, 0) is 0 Å². The molecule has 7 heteroatoms. The summed E-state index contributed by atoms with van der Waals surface area (Å²) in [4.78, 5) is 28.0. The van der Waals surface area contributed by atoms with Gasteiger partial charge in [0.05, 0.1) is 30.3 Å². The monoisotopic (exact) mass is 374 g/mol. The van der Waals surface area contributed by atoms with Crippen LogP contribution in [0.5, 0.6) is 11.5 Å². The van der Waals surface area contributed by atoms with Crippen LogP contribution in [0.2, 0.25) is 0 Å². The Balaban J connectivity index is 1.99. The molecule has 0 atom stereocenters. The van der Waals surface area contributed by atoms with E-state index >= 15 is 0 Å². The van der Waals surface area contributed by atoms with E-state index in [9.17, 15) is 9.59 Å². The summed E-state index contributed by atoms with van der Waals surface area (Å²) >= 11 is 1.37. The first kappa shape index (κ1) is 18.3. The molecule has 1 N–H and O–H groups in total. The average Bonchev–Trinajstić information content (AvgIpc) is 3.32. The number of carbonyl (C=O) groups is 2. The zero-order valence-electron chi connectivity index (χ0n) is 15.1. The van der Waals surface area contributed by atoms with Gasteiger partial charge in [-0.25, -0.2) is 0 Å². The van der Waals surface area contributed by atoms with Crippen molar-refractivity contribution in [1.82, 2.24) is 4.90 Å². The fraction of sp³-hybridized carbons (Fsp3) is 0.368. The summed E-state index contributed by atoms with van der Waals surface area (Å²) in [7, 11) is 3.05. The molecule has 1 aliphatic heterocycles. The molecule has 0 bridgehead atoms. The quantitative estimate of drug-likeness (QED) is 0.869. The molecule has 0 radical (unpaired) electrons. The topological polar surface area (TPSA) is 67.9 Å². The van der Waals surface area contributed by atoms with E-state index in [1.807, 2.05) is 18.4 Å². The second-order valence-electron chi connectivity index (χ2n) is 6.14. The smallest absolute Gasteiger partial charge is 0.266 e. The zero-order chi connectivity index (χ0) is 18.7. The van der Waals surface area contributed by atoms with Gasteiger partial charge >= 0.3 is 0 Å². The maximum atomic E-state index is 13.0. The highest BCUT2D eigenvalue weighted by Crippen LogP contribution is 2.35. The van der Waals surface area contributed by atoms with Crippen LogP contribution < -0.4 is 14.8 Å². The highest BCUT2D eigenvalue weighted by Gasteiger charge is 2.25. The van der Waals surface area contributed by atoms with Crippen LogP contribution >= 0.6 is 11.3 Å². The first-order chi connectivity index (χ1) is 12.5. The van der Waals surface area contributed by atoms with Crippen molar-refractivity contribution in [1.29, 1.82) is 0 Å². The van der Waals surface area contributed by atoms with E-state index in [2.05, 4.69) is 5.32 Å². The average molecular weight is 374 g/mol. The Morgan fingerprint density at radius 2 is 1.77 bits per heavy atom. The number of thiophene rings is 1. The number of benzene rings is 1. The lowest BCUT2D eigenvalue weighted by Gasteiger charge is -2.20. The SMILES string of the molecule is COc1cc(NC(=O)c2sccc2C)c(C(=O)N2CCCC2)cc1OC. The van der Waals surface area contributed by atoms with Crippen molar-refractivity contribution in [2.24, 2.45) is 0 Å². The van der Waals surface area contributed by atoms with Crippen LogP contribution in [0.15, 0.2) is 23.6 Å². The Morgan fingerprint density at radius 3 is 2.35 bits per heavy atom. The van der Waals surface area contributed by atoms with Gasteiger partial charge in [-0.1, -0.05) is 0 Å². The first-order valence-corrected chi connectivity index (χ1v) is 9.34. The molecule has 2 amide bonds. The predicted octanol–water partition coefficient (Wildman–Crippen LogP) is 3.56. The van der Waals surface area contributed by atoms with E-state index < -0.39 is 0 Å². The Hall–Kier alpha value is -2.54. The van der Waals surface area contributed by atoms with Crippen molar-refractivity contribution in [3.05, 3.63) is 39.6 Å². The van der Waals surface area contributed by atoms with E-state index in [-0.39, 0.29) is 11.8 Å². The third-order valence-corrected chi connectivity index (χ3v) is 5.48. The van der Waals surface area contributed by atoms with Gasteiger partial charge in [0.25, 0.3) is 11.8 Å².